The molecule has 2 aromatic heterocycles. The van der Waals surface area contributed by atoms with Crippen molar-refractivity contribution in [2.45, 2.75) is 119 Å². The molecule has 0 saturated carbocycles. The van der Waals surface area contributed by atoms with Crippen LogP contribution in [0.4, 0.5) is 5.82 Å². The first kappa shape index (κ1) is 71.6. The van der Waals surface area contributed by atoms with Crippen LogP contribution in [0.25, 0.3) is 10.9 Å². The van der Waals surface area contributed by atoms with E-state index in [0.29, 0.717) is 51.8 Å². The molecule has 0 bridgehead atoms. The van der Waals surface area contributed by atoms with Gasteiger partial charge in [-0.3, -0.25) is 57.5 Å². The number of nitrogens with two attached hydrogens (primary N) is 3. The number of amides is 10. The van der Waals surface area contributed by atoms with Crippen LogP contribution in [0.5, 0.6) is 5.75 Å². The quantitative estimate of drug-likeness (QED) is 0.0123. The lowest BCUT2D eigenvalue weighted by atomic mass is 10.0. The van der Waals surface area contributed by atoms with Gasteiger partial charge in [-0.15, -0.1) is 0 Å². The number of anilines is 1. The Bertz CT molecular complexity index is 3340. The standard InChI is InChI=1S/C60H77N15O15S/c1-33(68-57(87)42(20-22-50(78)79)70-55(85)40(61)13-8-9-24-64-54(84)36-17-21-48(75-63)66-30-36)53(83)73-45(27-35-15-18-38(76)19-16-35)56(86)67-32-49(77)69-46(28-37-31-65-41-14-7-6-12-39(37)41)59(89)71-43(23-25-91-2)58(88)74-47(29-51(80)81)60(90)72-44(52(62)82)26-34-10-4-3-5-11-34/h3-7,10-12,14-19,21,30-31,33,40,42-47,65,76H,8-9,13,20,22-29,32,61,63H2,1-2H3,(H2,62,82)(H,64,84)(H,66,75)(H,67,86)(H,68,87)(H,69,77)(H,70,85)(H,71,89)(H,72,90)(H,73,83)(H,74,88)(H,78,79)(H,80,81)/t33-,40-,42-,43-,44-,45-,46-,47-/m0/s1. The topological polar surface area (TPSA) is 493 Å². The molecule has 488 valence electrons. The number of nitrogen functional groups attached to an aromatic ring is 1. The number of aromatic hydroxyl groups is 1. The molecule has 5 aromatic rings. The van der Waals surface area contributed by atoms with E-state index < -0.39 is 145 Å². The number of benzene rings is 3. The third-order valence-corrected chi connectivity index (χ3v) is 14.8. The summed E-state index contributed by atoms with van der Waals surface area (Å²) in [6, 6.07) is 12.7. The predicted molar refractivity (Wildman–Crippen MR) is 334 cm³/mol. The minimum absolute atomic E-state index is 0.0460. The molecule has 3 aromatic carbocycles. The number of primary amides is 1. The summed E-state index contributed by atoms with van der Waals surface area (Å²) in [7, 11) is 0. The van der Waals surface area contributed by atoms with Crippen LogP contribution in [0, 0.1) is 0 Å². The Morgan fingerprint density at radius 3 is 1.85 bits per heavy atom. The van der Waals surface area contributed by atoms with Crippen LogP contribution in [0.2, 0.25) is 0 Å². The smallest absolute Gasteiger partial charge is 0.305 e. The zero-order chi connectivity index (χ0) is 66.6. The van der Waals surface area contributed by atoms with Gasteiger partial charge in [0.25, 0.3) is 5.91 Å². The van der Waals surface area contributed by atoms with E-state index in [1.54, 1.807) is 67.0 Å². The average Bonchev–Trinajstić information content (AvgIpc) is 1.84. The second-order valence-electron chi connectivity index (χ2n) is 21.1. The number of carbonyl (C=O) groups excluding carboxylic acids is 10. The fourth-order valence-electron chi connectivity index (χ4n) is 9.15. The third-order valence-electron chi connectivity index (χ3n) is 14.2. The Morgan fingerprint density at radius 1 is 0.593 bits per heavy atom. The van der Waals surface area contributed by atoms with Crippen molar-refractivity contribution in [2.75, 3.05) is 30.5 Å². The molecule has 8 atom stereocenters. The van der Waals surface area contributed by atoms with Gasteiger partial charge in [-0.05, 0) is 98.1 Å². The number of aromatic amines is 1. The fourth-order valence-corrected chi connectivity index (χ4v) is 9.62. The number of pyridine rings is 1. The maximum Gasteiger partial charge on any atom is 0.305 e. The van der Waals surface area contributed by atoms with Crippen molar-refractivity contribution < 1.29 is 72.9 Å². The molecule has 0 saturated heterocycles. The van der Waals surface area contributed by atoms with E-state index in [9.17, 15) is 72.9 Å². The number of para-hydroxylation sites is 1. The second-order valence-corrected chi connectivity index (χ2v) is 22.1. The third kappa shape index (κ3) is 24.1. The van der Waals surface area contributed by atoms with Gasteiger partial charge in [-0.25, -0.2) is 10.8 Å². The van der Waals surface area contributed by atoms with E-state index in [-0.39, 0.29) is 50.2 Å². The number of rotatable bonds is 38. The highest BCUT2D eigenvalue weighted by Gasteiger charge is 2.34. The number of phenolic OH excluding ortho intramolecular Hbond substituents is 1. The Hall–Kier alpha value is -10.1. The Labute approximate surface area is 526 Å². The van der Waals surface area contributed by atoms with E-state index >= 15 is 0 Å². The number of aliphatic carboxylic acids is 2. The number of carboxylic acid groups (broad SMARTS) is 2. The number of thioether (sulfide) groups is 1. The molecular formula is C60H77N15O15S. The first-order valence-electron chi connectivity index (χ1n) is 28.9. The van der Waals surface area contributed by atoms with Gasteiger partial charge >= 0.3 is 11.9 Å². The molecule has 91 heavy (non-hydrogen) atoms. The first-order chi connectivity index (χ1) is 43.4. The highest BCUT2D eigenvalue weighted by Crippen LogP contribution is 2.20. The Kier molecular flexibility index (Phi) is 28.6. The molecule has 31 heteroatoms. The van der Waals surface area contributed by atoms with E-state index in [1.807, 2.05) is 0 Å². The van der Waals surface area contributed by atoms with Crippen molar-refractivity contribution in [3.05, 3.63) is 126 Å². The summed E-state index contributed by atoms with van der Waals surface area (Å²) in [6.45, 7) is 0.690. The van der Waals surface area contributed by atoms with E-state index in [2.05, 4.69) is 63.2 Å². The highest BCUT2D eigenvalue weighted by molar-refractivity contribution is 7.98. The van der Waals surface area contributed by atoms with Crippen molar-refractivity contribution in [3.8, 4) is 5.75 Å². The van der Waals surface area contributed by atoms with Crippen LogP contribution in [-0.2, 0) is 72.0 Å². The number of hydrogen-bond acceptors (Lipinski definition) is 18. The number of carbonyl (C=O) groups is 12. The van der Waals surface area contributed by atoms with Gasteiger partial charge in [0, 0.05) is 55.5 Å². The Balaban J connectivity index is 1.26. The molecule has 30 nitrogen and oxygen atoms in total. The minimum Gasteiger partial charge on any atom is -0.508 e. The minimum atomic E-state index is -1.75. The lowest BCUT2D eigenvalue weighted by Crippen LogP contribution is -2.59. The summed E-state index contributed by atoms with van der Waals surface area (Å²) in [4.78, 5) is 167. The first-order valence-corrected chi connectivity index (χ1v) is 30.3. The number of hydrogen-bond donors (Lipinski definition) is 17. The van der Waals surface area contributed by atoms with Gasteiger partial charge in [-0.2, -0.15) is 11.8 Å². The number of aromatic nitrogens is 2. The van der Waals surface area contributed by atoms with Crippen LogP contribution >= 0.6 is 11.8 Å². The number of carboxylic acids is 2. The summed E-state index contributed by atoms with van der Waals surface area (Å²) >= 11 is 1.30. The molecule has 0 radical (unpaired) electrons. The van der Waals surface area contributed by atoms with Crippen LogP contribution < -0.4 is 70.6 Å². The van der Waals surface area contributed by atoms with Crippen LogP contribution in [0.1, 0.15) is 78.9 Å². The predicted octanol–water partition coefficient (Wildman–Crippen LogP) is -1.38. The molecular weight excluding hydrogens is 1200 g/mol. The van der Waals surface area contributed by atoms with Gasteiger partial charge in [0.15, 0.2) is 0 Å². The average molecular weight is 1280 g/mol. The van der Waals surface area contributed by atoms with E-state index in [1.165, 1.54) is 61.3 Å². The molecule has 0 spiro atoms. The van der Waals surface area contributed by atoms with Crippen molar-refractivity contribution in [1.82, 2.24) is 57.8 Å². The normalized spacial score (nSPS) is 13.6. The molecule has 2 heterocycles. The summed E-state index contributed by atoms with van der Waals surface area (Å²) in [6.07, 6.45) is 3.15. The summed E-state index contributed by atoms with van der Waals surface area (Å²) in [5, 5.41) is 52.5. The number of hydrazine groups is 1. The van der Waals surface area contributed by atoms with Crippen molar-refractivity contribution in [2.24, 2.45) is 17.3 Å². The number of nitrogens with zero attached hydrogens (tertiary/aromatic N) is 1. The molecule has 5 rings (SSSR count). The largest absolute Gasteiger partial charge is 0.508 e. The lowest BCUT2D eigenvalue weighted by Gasteiger charge is -2.26. The van der Waals surface area contributed by atoms with Crippen LogP contribution in [0.3, 0.4) is 0 Å². The number of nitrogens with one attached hydrogen (secondary N) is 11. The maximum absolute atomic E-state index is 14.5. The molecule has 0 aliphatic carbocycles. The van der Waals surface area contributed by atoms with Crippen LogP contribution in [-0.4, -0.2) is 170 Å². The number of fused-ring (bicyclic) bond motifs is 1. The number of unbranched alkanes of at least 4 members (excludes halogenated alkanes) is 1. The summed E-state index contributed by atoms with van der Waals surface area (Å²) in [5.74, 6) is -5.73. The SMILES string of the molecule is CSCC[C@H](NC(=O)[C@H](Cc1c[nH]c2ccccc12)NC(=O)CNC(=O)[C@H](Cc1ccc(O)cc1)NC(=O)[C@H](C)NC(=O)[C@H](CCC(=O)O)NC(=O)[C@@H](N)CCCCNC(=O)c1ccc(NN)nc1)C(=O)N[C@@H](CC(=O)O)C(=O)N[C@@H](Cc1ccccc1)C(N)=O. The highest BCUT2D eigenvalue weighted by atomic mass is 32.2. The zero-order valence-corrected chi connectivity index (χ0v) is 50.8. The molecule has 0 aliphatic heterocycles. The second kappa shape index (κ2) is 36.4. The molecule has 0 fully saturated rings. The summed E-state index contributed by atoms with van der Waals surface area (Å²) < 4.78 is 0. The van der Waals surface area contributed by atoms with Gasteiger partial charge in [0.05, 0.1) is 24.6 Å². The van der Waals surface area contributed by atoms with Gasteiger partial charge in [0.1, 0.15) is 53.9 Å². The van der Waals surface area contributed by atoms with Crippen molar-refractivity contribution in [3.63, 3.8) is 0 Å². The molecule has 20 N–H and O–H groups in total. The fraction of sp³-hybridized carbons (Fsp3) is 0.383. The van der Waals surface area contributed by atoms with Crippen LogP contribution in [0.15, 0.2) is 103 Å². The monoisotopic (exact) mass is 1280 g/mol. The lowest BCUT2D eigenvalue weighted by molar-refractivity contribution is -0.141. The zero-order valence-electron chi connectivity index (χ0n) is 50.0. The molecule has 0 unspecified atom stereocenters. The number of H-pyrrole nitrogens is 1. The van der Waals surface area contributed by atoms with Gasteiger partial charge in [0.2, 0.25) is 53.2 Å². The Morgan fingerprint density at radius 2 is 1.19 bits per heavy atom. The summed E-state index contributed by atoms with van der Waals surface area (Å²) in [5.41, 5.74) is 16.7. The maximum atomic E-state index is 14.5. The van der Waals surface area contributed by atoms with Crippen molar-refractivity contribution in [1.29, 1.82) is 0 Å². The van der Waals surface area contributed by atoms with Gasteiger partial charge < -0.3 is 85.0 Å². The van der Waals surface area contributed by atoms with E-state index in [4.69, 9.17) is 17.3 Å². The number of phenols is 1. The molecule has 10 amide bonds. The van der Waals surface area contributed by atoms with E-state index in [0.717, 1.165) is 0 Å². The van der Waals surface area contributed by atoms with Crippen molar-refractivity contribution >= 4 is 99.5 Å². The molecule has 0 aliphatic rings. The van der Waals surface area contributed by atoms with Gasteiger partial charge in [-0.1, -0.05) is 60.7 Å².